The Balaban J connectivity index is 2.10. The lowest BCUT2D eigenvalue weighted by molar-refractivity contribution is 0.0988. The predicted octanol–water partition coefficient (Wildman–Crippen LogP) is 1.80. The molecule has 0 radical (unpaired) electrons. The van der Waals surface area contributed by atoms with Crippen LogP contribution in [0.1, 0.15) is 16.1 Å². The van der Waals surface area contributed by atoms with Gasteiger partial charge in [0.25, 0.3) is 5.91 Å². The maximum atomic E-state index is 11.5. The average Bonchev–Trinajstić information content (AvgIpc) is 2.83. The van der Waals surface area contributed by atoms with Crippen molar-refractivity contribution in [2.75, 3.05) is 5.32 Å². The van der Waals surface area contributed by atoms with Gasteiger partial charge < -0.3 is 9.84 Å². The molecule has 0 spiro atoms. The highest BCUT2D eigenvalue weighted by Crippen LogP contribution is 2.10. The van der Waals surface area contributed by atoms with E-state index in [1.165, 1.54) is 12.3 Å². The number of amides is 1. The Kier molecular flexibility index (Phi) is 2.65. The van der Waals surface area contributed by atoms with Crippen LogP contribution < -0.4 is 5.32 Å². The molecule has 1 aromatic heterocycles. The molecule has 0 aliphatic rings. The fourth-order valence-corrected chi connectivity index (χ4v) is 1.15. The van der Waals surface area contributed by atoms with E-state index in [0.29, 0.717) is 11.3 Å². The Hall–Kier alpha value is -2.61. The van der Waals surface area contributed by atoms with Gasteiger partial charge in [-0.25, -0.2) is 0 Å². The Bertz CT molecular complexity index is 523. The third kappa shape index (κ3) is 2.07. The standard InChI is InChI=1S/C11H7N3O2/c12-7-8-1-3-9(4-2-8)14-11(15)10-5-6-13-16-10/h1-6H,(H,14,15). The van der Waals surface area contributed by atoms with Crippen LogP contribution in [0.25, 0.3) is 0 Å². The fourth-order valence-electron chi connectivity index (χ4n) is 1.15. The van der Waals surface area contributed by atoms with E-state index in [1.54, 1.807) is 24.3 Å². The number of anilines is 1. The third-order valence-corrected chi connectivity index (χ3v) is 1.93. The summed E-state index contributed by atoms with van der Waals surface area (Å²) in [6.45, 7) is 0. The second-order valence-electron chi connectivity index (χ2n) is 3.02. The maximum absolute atomic E-state index is 11.5. The molecule has 5 heteroatoms. The monoisotopic (exact) mass is 213 g/mol. The second kappa shape index (κ2) is 4.28. The quantitative estimate of drug-likeness (QED) is 0.824. The number of rotatable bonds is 2. The fraction of sp³-hybridized carbons (Fsp3) is 0. The largest absolute Gasteiger partial charge is 0.351 e. The number of carbonyl (C=O) groups is 1. The van der Waals surface area contributed by atoms with E-state index < -0.39 is 0 Å². The van der Waals surface area contributed by atoms with Crippen molar-refractivity contribution >= 4 is 11.6 Å². The van der Waals surface area contributed by atoms with Gasteiger partial charge in [-0.15, -0.1) is 0 Å². The molecule has 1 aromatic carbocycles. The summed E-state index contributed by atoms with van der Waals surface area (Å²) in [4.78, 5) is 11.5. The number of nitrogens with zero attached hydrogens (tertiary/aromatic N) is 2. The lowest BCUT2D eigenvalue weighted by atomic mass is 10.2. The Morgan fingerprint density at radius 3 is 2.62 bits per heavy atom. The first-order valence-corrected chi connectivity index (χ1v) is 4.52. The number of carbonyl (C=O) groups excluding carboxylic acids is 1. The molecule has 78 valence electrons. The number of nitriles is 1. The zero-order valence-electron chi connectivity index (χ0n) is 8.18. The summed E-state index contributed by atoms with van der Waals surface area (Å²) in [6, 6.07) is 10.00. The van der Waals surface area contributed by atoms with Crippen LogP contribution in [0.5, 0.6) is 0 Å². The van der Waals surface area contributed by atoms with Gasteiger partial charge in [-0.1, -0.05) is 5.16 Å². The van der Waals surface area contributed by atoms with E-state index in [4.69, 9.17) is 9.78 Å². The van der Waals surface area contributed by atoms with Crippen molar-refractivity contribution in [2.45, 2.75) is 0 Å². The Labute approximate surface area is 91.3 Å². The third-order valence-electron chi connectivity index (χ3n) is 1.93. The zero-order valence-corrected chi connectivity index (χ0v) is 8.18. The SMILES string of the molecule is N#Cc1ccc(NC(=O)c2ccno2)cc1. The smallest absolute Gasteiger partial charge is 0.294 e. The van der Waals surface area contributed by atoms with Crippen LogP contribution in [-0.4, -0.2) is 11.1 Å². The number of benzene rings is 1. The van der Waals surface area contributed by atoms with Crippen LogP contribution in [0, 0.1) is 11.3 Å². The summed E-state index contributed by atoms with van der Waals surface area (Å²) >= 11 is 0. The summed E-state index contributed by atoms with van der Waals surface area (Å²) in [5.74, 6) is -0.230. The molecule has 0 unspecified atom stereocenters. The molecule has 0 aliphatic heterocycles. The topological polar surface area (TPSA) is 78.9 Å². The van der Waals surface area contributed by atoms with Crippen molar-refractivity contribution in [3.8, 4) is 6.07 Å². The van der Waals surface area contributed by atoms with Crippen molar-refractivity contribution in [3.05, 3.63) is 47.9 Å². The maximum Gasteiger partial charge on any atom is 0.294 e. The molecular formula is C11H7N3O2. The van der Waals surface area contributed by atoms with Crippen LogP contribution in [0.2, 0.25) is 0 Å². The number of nitrogens with one attached hydrogen (secondary N) is 1. The molecule has 0 aliphatic carbocycles. The van der Waals surface area contributed by atoms with Gasteiger partial charge in [-0.3, -0.25) is 4.79 Å². The summed E-state index contributed by atoms with van der Waals surface area (Å²) in [5, 5.41) is 14.6. The van der Waals surface area contributed by atoms with E-state index in [-0.39, 0.29) is 11.7 Å². The molecule has 0 atom stereocenters. The number of hydrogen-bond acceptors (Lipinski definition) is 4. The minimum atomic E-state index is -0.373. The summed E-state index contributed by atoms with van der Waals surface area (Å²) in [6.07, 6.45) is 1.40. The first-order valence-electron chi connectivity index (χ1n) is 4.52. The minimum absolute atomic E-state index is 0.143. The van der Waals surface area contributed by atoms with Gasteiger partial charge in [0.15, 0.2) is 0 Å². The van der Waals surface area contributed by atoms with E-state index in [9.17, 15) is 4.79 Å². The number of hydrogen-bond donors (Lipinski definition) is 1. The lowest BCUT2D eigenvalue weighted by Gasteiger charge is -2.01. The van der Waals surface area contributed by atoms with Crippen molar-refractivity contribution < 1.29 is 9.32 Å². The van der Waals surface area contributed by atoms with Crippen molar-refractivity contribution in [1.29, 1.82) is 5.26 Å². The molecule has 0 saturated heterocycles. The molecule has 16 heavy (non-hydrogen) atoms. The van der Waals surface area contributed by atoms with E-state index in [0.717, 1.165) is 0 Å². The van der Waals surface area contributed by atoms with Gasteiger partial charge in [-0.05, 0) is 24.3 Å². The molecule has 1 N–H and O–H groups in total. The highest BCUT2D eigenvalue weighted by Gasteiger charge is 2.09. The normalized spacial score (nSPS) is 9.44. The summed E-state index contributed by atoms with van der Waals surface area (Å²) in [7, 11) is 0. The Morgan fingerprint density at radius 2 is 2.06 bits per heavy atom. The molecule has 1 amide bonds. The average molecular weight is 213 g/mol. The minimum Gasteiger partial charge on any atom is -0.351 e. The van der Waals surface area contributed by atoms with Crippen LogP contribution in [0.3, 0.4) is 0 Å². The predicted molar refractivity (Wildman–Crippen MR) is 55.6 cm³/mol. The van der Waals surface area contributed by atoms with E-state index in [1.807, 2.05) is 6.07 Å². The van der Waals surface area contributed by atoms with Gasteiger partial charge in [0.1, 0.15) is 0 Å². The van der Waals surface area contributed by atoms with Crippen molar-refractivity contribution in [3.63, 3.8) is 0 Å². The molecule has 2 aromatic rings. The van der Waals surface area contributed by atoms with Gasteiger partial charge >= 0.3 is 0 Å². The van der Waals surface area contributed by atoms with Crippen molar-refractivity contribution in [2.24, 2.45) is 0 Å². The van der Waals surface area contributed by atoms with Crippen LogP contribution in [0.15, 0.2) is 41.1 Å². The molecular weight excluding hydrogens is 206 g/mol. The summed E-state index contributed by atoms with van der Waals surface area (Å²) in [5.41, 5.74) is 1.14. The molecule has 0 bridgehead atoms. The van der Waals surface area contributed by atoms with Crippen molar-refractivity contribution in [1.82, 2.24) is 5.16 Å². The zero-order chi connectivity index (χ0) is 11.4. The van der Waals surface area contributed by atoms with Crippen LogP contribution in [0.4, 0.5) is 5.69 Å². The molecule has 1 heterocycles. The first-order chi connectivity index (χ1) is 7.79. The van der Waals surface area contributed by atoms with Crippen LogP contribution >= 0.6 is 0 Å². The highest BCUT2D eigenvalue weighted by molar-refractivity contribution is 6.02. The van der Waals surface area contributed by atoms with Gasteiger partial charge in [0.05, 0.1) is 17.8 Å². The molecule has 0 saturated carbocycles. The first kappa shape index (κ1) is 9.93. The highest BCUT2D eigenvalue weighted by atomic mass is 16.5. The van der Waals surface area contributed by atoms with Gasteiger partial charge in [0, 0.05) is 11.8 Å². The van der Waals surface area contributed by atoms with Gasteiger partial charge in [0.2, 0.25) is 5.76 Å². The lowest BCUT2D eigenvalue weighted by Crippen LogP contribution is -2.10. The molecule has 2 rings (SSSR count). The number of aromatic nitrogens is 1. The Morgan fingerprint density at radius 1 is 1.31 bits per heavy atom. The van der Waals surface area contributed by atoms with E-state index >= 15 is 0 Å². The van der Waals surface area contributed by atoms with E-state index in [2.05, 4.69) is 10.5 Å². The summed E-state index contributed by atoms with van der Waals surface area (Å²) < 4.78 is 4.70. The van der Waals surface area contributed by atoms with Crippen LogP contribution in [-0.2, 0) is 0 Å². The molecule has 5 nitrogen and oxygen atoms in total. The molecule has 0 fully saturated rings. The van der Waals surface area contributed by atoms with Gasteiger partial charge in [-0.2, -0.15) is 5.26 Å². The second-order valence-corrected chi connectivity index (χ2v) is 3.02.